The Morgan fingerprint density at radius 1 is 1.46 bits per heavy atom. The topological polar surface area (TPSA) is 46.5 Å². The van der Waals surface area contributed by atoms with Gasteiger partial charge in [-0.1, -0.05) is 30.3 Å². The van der Waals surface area contributed by atoms with Crippen molar-refractivity contribution in [3.05, 3.63) is 35.9 Å². The average Bonchev–Trinajstić information content (AvgIpc) is 2.15. The van der Waals surface area contributed by atoms with E-state index in [1.165, 1.54) is 0 Å². The first-order chi connectivity index (χ1) is 6.20. The number of rotatable bonds is 4. The van der Waals surface area contributed by atoms with Crippen LogP contribution in [0.4, 0.5) is 0 Å². The van der Waals surface area contributed by atoms with Crippen molar-refractivity contribution in [1.29, 1.82) is 0 Å². The number of ether oxygens (including phenoxy) is 1. The third-order valence-electron chi connectivity index (χ3n) is 1.73. The predicted molar refractivity (Wildman–Crippen MR) is 48.4 cm³/mol. The molecule has 70 valence electrons. The molecule has 0 spiro atoms. The summed E-state index contributed by atoms with van der Waals surface area (Å²) in [5.41, 5.74) is 0.990. The lowest BCUT2D eigenvalue weighted by atomic mass is 10.1. The molecular formula is C10H12O3. The molecule has 1 rings (SSSR count). The number of carboxylic acids is 1. The maximum atomic E-state index is 10.2. The van der Waals surface area contributed by atoms with Crippen molar-refractivity contribution in [1.82, 2.24) is 0 Å². The zero-order valence-electron chi connectivity index (χ0n) is 7.43. The summed E-state index contributed by atoms with van der Waals surface area (Å²) in [7, 11) is 0. The zero-order valence-corrected chi connectivity index (χ0v) is 7.43. The molecule has 3 nitrogen and oxygen atoms in total. The highest BCUT2D eigenvalue weighted by Crippen LogP contribution is 2.15. The lowest BCUT2D eigenvalue weighted by molar-refractivity contribution is -0.144. The van der Waals surface area contributed by atoms with E-state index in [2.05, 4.69) is 0 Å². The molecule has 0 aliphatic rings. The van der Waals surface area contributed by atoms with E-state index in [0.717, 1.165) is 5.56 Å². The summed E-state index contributed by atoms with van der Waals surface area (Å²) in [5, 5.41) is 8.38. The molecule has 13 heavy (non-hydrogen) atoms. The number of carbonyl (C=O) groups is 1. The quantitative estimate of drug-likeness (QED) is 0.769. The van der Waals surface area contributed by atoms with Gasteiger partial charge < -0.3 is 9.84 Å². The molecule has 1 aromatic carbocycles. The summed E-state index contributed by atoms with van der Waals surface area (Å²) >= 11 is 0. The number of hydrogen-bond acceptors (Lipinski definition) is 2. The minimum atomic E-state index is -0.942. The predicted octanol–water partition coefficient (Wildman–Crippen LogP) is 1.85. The maximum absolute atomic E-state index is 10.2. The molecule has 0 fully saturated rings. The van der Waals surface area contributed by atoms with Crippen LogP contribution in [0.5, 0.6) is 0 Å². The Bertz CT molecular complexity index is 269. The fourth-order valence-corrected chi connectivity index (χ4v) is 1.02. The summed E-state index contributed by atoms with van der Waals surface area (Å²) < 4.78 is 5.09. The van der Waals surface area contributed by atoms with Gasteiger partial charge in [0.1, 0.15) is 6.61 Å². The molecule has 1 atom stereocenters. The Balaban J connectivity index is 2.49. The molecule has 0 bridgehead atoms. The van der Waals surface area contributed by atoms with Gasteiger partial charge in [0.2, 0.25) is 0 Å². The smallest absolute Gasteiger partial charge is 0.329 e. The fourth-order valence-electron chi connectivity index (χ4n) is 1.02. The minimum absolute atomic E-state index is 0.169. The van der Waals surface area contributed by atoms with Gasteiger partial charge in [0.25, 0.3) is 0 Å². The van der Waals surface area contributed by atoms with Crippen molar-refractivity contribution in [2.75, 3.05) is 6.61 Å². The molecule has 0 aliphatic heterocycles. The largest absolute Gasteiger partial charge is 0.480 e. The van der Waals surface area contributed by atoms with Crippen LogP contribution in [0.1, 0.15) is 18.6 Å². The van der Waals surface area contributed by atoms with E-state index in [9.17, 15) is 4.79 Å². The highest BCUT2D eigenvalue weighted by atomic mass is 16.5. The number of aliphatic carboxylic acids is 1. The van der Waals surface area contributed by atoms with Gasteiger partial charge in [0.05, 0.1) is 6.10 Å². The van der Waals surface area contributed by atoms with Gasteiger partial charge in [-0.2, -0.15) is 0 Å². The van der Waals surface area contributed by atoms with Crippen LogP contribution in [0.15, 0.2) is 30.3 Å². The highest BCUT2D eigenvalue weighted by molar-refractivity contribution is 5.68. The molecule has 0 aliphatic carbocycles. The molecule has 0 unspecified atom stereocenters. The van der Waals surface area contributed by atoms with Gasteiger partial charge in [-0.25, -0.2) is 4.79 Å². The van der Waals surface area contributed by atoms with Crippen molar-refractivity contribution in [2.24, 2.45) is 0 Å². The molecule has 0 amide bonds. The fraction of sp³-hybridized carbons (Fsp3) is 0.300. The van der Waals surface area contributed by atoms with Crippen LogP contribution in [0.25, 0.3) is 0 Å². The van der Waals surface area contributed by atoms with Crippen molar-refractivity contribution in [3.8, 4) is 0 Å². The third kappa shape index (κ3) is 3.25. The van der Waals surface area contributed by atoms with Crippen LogP contribution in [0.2, 0.25) is 0 Å². The summed E-state index contributed by atoms with van der Waals surface area (Å²) in [6.45, 7) is 1.58. The lowest BCUT2D eigenvalue weighted by Crippen LogP contribution is -2.09. The van der Waals surface area contributed by atoms with Crippen molar-refractivity contribution < 1.29 is 14.6 Å². The second-order valence-corrected chi connectivity index (χ2v) is 2.76. The second-order valence-electron chi connectivity index (χ2n) is 2.76. The maximum Gasteiger partial charge on any atom is 0.329 e. The Morgan fingerprint density at radius 2 is 2.08 bits per heavy atom. The zero-order chi connectivity index (χ0) is 9.68. The summed E-state index contributed by atoms with van der Waals surface area (Å²) in [6, 6.07) is 9.53. The van der Waals surface area contributed by atoms with Gasteiger partial charge in [0, 0.05) is 0 Å². The van der Waals surface area contributed by atoms with Crippen LogP contribution in [0.3, 0.4) is 0 Å². The number of hydrogen-bond donors (Lipinski definition) is 1. The van der Waals surface area contributed by atoms with Gasteiger partial charge in [0.15, 0.2) is 0 Å². The summed E-state index contributed by atoms with van der Waals surface area (Å²) in [6.07, 6.45) is -0.169. The van der Waals surface area contributed by atoms with Crippen molar-refractivity contribution in [3.63, 3.8) is 0 Å². The van der Waals surface area contributed by atoms with Crippen molar-refractivity contribution in [2.45, 2.75) is 13.0 Å². The first-order valence-corrected chi connectivity index (χ1v) is 4.08. The van der Waals surface area contributed by atoms with Crippen LogP contribution in [-0.2, 0) is 9.53 Å². The van der Waals surface area contributed by atoms with Gasteiger partial charge in [-0.05, 0) is 12.5 Å². The molecule has 0 saturated heterocycles. The first-order valence-electron chi connectivity index (χ1n) is 4.08. The van der Waals surface area contributed by atoms with Gasteiger partial charge in [-0.3, -0.25) is 0 Å². The Labute approximate surface area is 77.0 Å². The SMILES string of the molecule is C[C@H](OCC(=O)O)c1ccccc1. The third-order valence-corrected chi connectivity index (χ3v) is 1.73. The van der Waals surface area contributed by atoms with E-state index in [0.29, 0.717) is 0 Å². The van der Waals surface area contributed by atoms with E-state index in [-0.39, 0.29) is 12.7 Å². The molecular weight excluding hydrogens is 168 g/mol. The molecule has 0 aromatic heterocycles. The Morgan fingerprint density at radius 3 is 2.62 bits per heavy atom. The lowest BCUT2D eigenvalue weighted by Gasteiger charge is -2.10. The Kier molecular flexibility index (Phi) is 3.46. The van der Waals surface area contributed by atoms with Crippen molar-refractivity contribution >= 4 is 5.97 Å². The molecule has 1 N–H and O–H groups in total. The van der Waals surface area contributed by atoms with E-state index in [1.807, 2.05) is 37.3 Å². The number of benzene rings is 1. The first kappa shape index (κ1) is 9.74. The van der Waals surface area contributed by atoms with E-state index in [1.54, 1.807) is 0 Å². The molecule has 1 aromatic rings. The molecule has 0 radical (unpaired) electrons. The average molecular weight is 180 g/mol. The van der Waals surface area contributed by atoms with Gasteiger partial charge in [-0.15, -0.1) is 0 Å². The van der Waals surface area contributed by atoms with E-state index >= 15 is 0 Å². The van der Waals surface area contributed by atoms with E-state index in [4.69, 9.17) is 9.84 Å². The summed E-state index contributed by atoms with van der Waals surface area (Å²) in [5.74, 6) is -0.942. The van der Waals surface area contributed by atoms with E-state index < -0.39 is 5.97 Å². The van der Waals surface area contributed by atoms with Crippen LogP contribution in [-0.4, -0.2) is 17.7 Å². The van der Waals surface area contributed by atoms with Crippen LogP contribution in [0, 0.1) is 0 Å². The Hall–Kier alpha value is -1.35. The number of carboxylic acid groups (broad SMARTS) is 1. The highest BCUT2D eigenvalue weighted by Gasteiger charge is 2.06. The minimum Gasteiger partial charge on any atom is -0.480 e. The molecule has 0 saturated carbocycles. The standard InChI is InChI=1S/C10H12O3/c1-8(13-7-10(11)12)9-5-3-2-4-6-9/h2-6,8H,7H2,1H3,(H,11,12)/t8-/m0/s1. The monoisotopic (exact) mass is 180 g/mol. The van der Waals surface area contributed by atoms with Gasteiger partial charge >= 0.3 is 5.97 Å². The van der Waals surface area contributed by atoms with Crippen LogP contribution < -0.4 is 0 Å². The van der Waals surface area contributed by atoms with Crippen LogP contribution >= 0.6 is 0 Å². The second kappa shape index (κ2) is 4.62. The molecule has 3 heteroatoms. The molecule has 0 heterocycles. The summed E-state index contributed by atoms with van der Waals surface area (Å²) in [4.78, 5) is 10.2. The normalized spacial score (nSPS) is 12.4.